The summed E-state index contributed by atoms with van der Waals surface area (Å²) in [5, 5.41) is 3.64. The maximum Gasteiger partial charge on any atom is 0.0375 e. The maximum absolute atomic E-state index is 3.64. The van der Waals surface area contributed by atoms with Gasteiger partial charge in [0.25, 0.3) is 0 Å². The average Bonchev–Trinajstić information content (AvgIpc) is 2.37. The van der Waals surface area contributed by atoms with Crippen LogP contribution in [-0.4, -0.2) is 6.04 Å². The van der Waals surface area contributed by atoms with Crippen LogP contribution in [0.1, 0.15) is 58.4 Å². The highest BCUT2D eigenvalue weighted by Crippen LogP contribution is 2.23. The summed E-state index contributed by atoms with van der Waals surface area (Å²) >= 11 is 3.53. The van der Waals surface area contributed by atoms with Crippen LogP contribution in [0.15, 0.2) is 22.7 Å². The Morgan fingerprint density at radius 3 is 2.61 bits per heavy atom. The lowest BCUT2D eigenvalue weighted by atomic mass is 10.1. The summed E-state index contributed by atoms with van der Waals surface area (Å²) in [6.07, 6.45) is 7.72. The number of anilines is 1. The Labute approximate surface area is 120 Å². The highest BCUT2D eigenvalue weighted by molar-refractivity contribution is 9.10. The van der Waals surface area contributed by atoms with Gasteiger partial charge in [0, 0.05) is 16.2 Å². The smallest absolute Gasteiger partial charge is 0.0375 e. The van der Waals surface area contributed by atoms with Gasteiger partial charge in [0.05, 0.1) is 0 Å². The van der Waals surface area contributed by atoms with Crippen molar-refractivity contribution < 1.29 is 0 Å². The van der Waals surface area contributed by atoms with Gasteiger partial charge < -0.3 is 5.32 Å². The summed E-state index contributed by atoms with van der Waals surface area (Å²) < 4.78 is 1.17. The summed E-state index contributed by atoms with van der Waals surface area (Å²) in [7, 11) is 0. The van der Waals surface area contributed by atoms with Crippen molar-refractivity contribution in [1.29, 1.82) is 0 Å². The molecular formula is C16H26BrN. The first-order valence-electron chi connectivity index (χ1n) is 7.22. The lowest BCUT2D eigenvalue weighted by Gasteiger charge is -2.18. The first-order valence-corrected chi connectivity index (χ1v) is 8.01. The summed E-state index contributed by atoms with van der Waals surface area (Å²) in [5.41, 5.74) is 2.69. The minimum absolute atomic E-state index is 0.563. The van der Waals surface area contributed by atoms with Crippen molar-refractivity contribution in [2.75, 3.05) is 5.32 Å². The Kier molecular flexibility index (Phi) is 7.41. The lowest BCUT2D eigenvalue weighted by Crippen LogP contribution is -2.16. The zero-order valence-corrected chi connectivity index (χ0v) is 13.5. The minimum Gasteiger partial charge on any atom is -0.382 e. The Balaban J connectivity index is 2.45. The van der Waals surface area contributed by atoms with Crippen molar-refractivity contribution in [3.8, 4) is 0 Å². The van der Waals surface area contributed by atoms with Gasteiger partial charge in [-0.05, 0) is 43.5 Å². The SMILES string of the molecule is CCCCCCC(C)Nc1ccc(Br)cc1CC. The van der Waals surface area contributed by atoms with Crippen LogP contribution in [-0.2, 0) is 6.42 Å². The van der Waals surface area contributed by atoms with E-state index in [2.05, 4.69) is 60.2 Å². The summed E-state index contributed by atoms with van der Waals surface area (Å²) in [5.74, 6) is 0. The molecule has 1 nitrogen and oxygen atoms in total. The fourth-order valence-corrected chi connectivity index (χ4v) is 2.62. The Hall–Kier alpha value is -0.500. The molecule has 0 heterocycles. The van der Waals surface area contributed by atoms with Gasteiger partial charge in [-0.15, -0.1) is 0 Å². The summed E-state index contributed by atoms with van der Waals surface area (Å²) in [6.45, 7) is 6.75. The Bertz CT molecular complexity index is 349. The van der Waals surface area contributed by atoms with E-state index in [0.29, 0.717) is 6.04 Å². The van der Waals surface area contributed by atoms with Crippen LogP contribution < -0.4 is 5.32 Å². The Morgan fingerprint density at radius 1 is 1.17 bits per heavy atom. The van der Waals surface area contributed by atoms with Gasteiger partial charge in [-0.2, -0.15) is 0 Å². The van der Waals surface area contributed by atoms with Gasteiger partial charge in [0.2, 0.25) is 0 Å². The van der Waals surface area contributed by atoms with Gasteiger partial charge in [-0.25, -0.2) is 0 Å². The second-order valence-electron chi connectivity index (χ2n) is 5.05. The predicted molar refractivity (Wildman–Crippen MR) is 85.4 cm³/mol. The van der Waals surface area contributed by atoms with E-state index < -0.39 is 0 Å². The minimum atomic E-state index is 0.563. The number of aryl methyl sites for hydroxylation is 1. The Morgan fingerprint density at radius 2 is 1.94 bits per heavy atom. The van der Waals surface area contributed by atoms with E-state index in [9.17, 15) is 0 Å². The number of unbranched alkanes of at least 4 members (excludes halogenated alkanes) is 3. The van der Waals surface area contributed by atoms with Crippen LogP contribution >= 0.6 is 15.9 Å². The number of halogens is 1. The molecule has 0 aliphatic carbocycles. The molecule has 1 unspecified atom stereocenters. The van der Waals surface area contributed by atoms with Crippen molar-refractivity contribution >= 4 is 21.6 Å². The lowest BCUT2D eigenvalue weighted by molar-refractivity contribution is 0.593. The molecule has 0 fully saturated rings. The molecule has 0 aliphatic heterocycles. The number of rotatable bonds is 8. The van der Waals surface area contributed by atoms with Crippen molar-refractivity contribution in [3.63, 3.8) is 0 Å². The molecule has 1 atom stereocenters. The first kappa shape index (κ1) is 15.6. The molecule has 1 aromatic rings. The van der Waals surface area contributed by atoms with Crippen LogP contribution in [0.5, 0.6) is 0 Å². The highest BCUT2D eigenvalue weighted by Gasteiger charge is 2.05. The molecule has 102 valence electrons. The molecule has 0 saturated heterocycles. The first-order chi connectivity index (χ1) is 8.67. The van der Waals surface area contributed by atoms with E-state index in [1.165, 1.54) is 47.8 Å². The number of hydrogen-bond acceptors (Lipinski definition) is 1. The molecule has 0 bridgehead atoms. The zero-order valence-electron chi connectivity index (χ0n) is 11.9. The van der Waals surface area contributed by atoms with E-state index in [4.69, 9.17) is 0 Å². The number of hydrogen-bond donors (Lipinski definition) is 1. The van der Waals surface area contributed by atoms with E-state index in [-0.39, 0.29) is 0 Å². The van der Waals surface area contributed by atoms with Crippen molar-refractivity contribution in [2.24, 2.45) is 0 Å². The molecule has 18 heavy (non-hydrogen) atoms. The quantitative estimate of drug-likeness (QED) is 0.600. The van der Waals surface area contributed by atoms with Gasteiger partial charge in [-0.3, -0.25) is 0 Å². The largest absolute Gasteiger partial charge is 0.382 e. The van der Waals surface area contributed by atoms with Gasteiger partial charge >= 0.3 is 0 Å². The van der Waals surface area contributed by atoms with Crippen LogP contribution in [0.3, 0.4) is 0 Å². The fourth-order valence-electron chi connectivity index (χ4n) is 2.21. The third-order valence-electron chi connectivity index (χ3n) is 3.34. The van der Waals surface area contributed by atoms with E-state index in [1.54, 1.807) is 0 Å². The molecule has 0 radical (unpaired) electrons. The van der Waals surface area contributed by atoms with Gasteiger partial charge in [0.1, 0.15) is 0 Å². The second-order valence-corrected chi connectivity index (χ2v) is 5.97. The number of benzene rings is 1. The third-order valence-corrected chi connectivity index (χ3v) is 3.83. The monoisotopic (exact) mass is 311 g/mol. The van der Waals surface area contributed by atoms with Crippen LogP contribution in [0.4, 0.5) is 5.69 Å². The van der Waals surface area contributed by atoms with E-state index >= 15 is 0 Å². The van der Waals surface area contributed by atoms with Crippen LogP contribution in [0, 0.1) is 0 Å². The molecule has 1 aromatic carbocycles. The van der Waals surface area contributed by atoms with Crippen molar-refractivity contribution in [3.05, 3.63) is 28.2 Å². The van der Waals surface area contributed by atoms with Crippen LogP contribution in [0.25, 0.3) is 0 Å². The standard InChI is InChI=1S/C16H26BrN/c1-4-6-7-8-9-13(3)18-16-11-10-15(17)12-14(16)5-2/h10-13,18H,4-9H2,1-3H3. The highest BCUT2D eigenvalue weighted by atomic mass is 79.9. The molecule has 0 aliphatic rings. The third kappa shape index (κ3) is 5.43. The normalized spacial score (nSPS) is 12.4. The van der Waals surface area contributed by atoms with Gasteiger partial charge in [0.15, 0.2) is 0 Å². The average molecular weight is 312 g/mol. The molecule has 0 saturated carbocycles. The van der Waals surface area contributed by atoms with Crippen molar-refractivity contribution in [2.45, 2.75) is 65.3 Å². The molecule has 1 rings (SSSR count). The summed E-state index contributed by atoms with van der Waals surface area (Å²) in [4.78, 5) is 0. The van der Waals surface area contributed by atoms with Crippen molar-refractivity contribution in [1.82, 2.24) is 0 Å². The van der Waals surface area contributed by atoms with Crippen LogP contribution in [0.2, 0.25) is 0 Å². The molecule has 0 spiro atoms. The summed E-state index contributed by atoms with van der Waals surface area (Å²) in [6, 6.07) is 7.08. The predicted octanol–water partition coefficient (Wildman–Crippen LogP) is 5.78. The topological polar surface area (TPSA) is 12.0 Å². The molecule has 2 heteroatoms. The molecular weight excluding hydrogens is 286 g/mol. The molecule has 1 N–H and O–H groups in total. The zero-order chi connectivity index (χ0) is 13.4. The van der Waals surface area contributed by atoms with E-state index in [1.807, 2.05) is 0 Å². The fraction of sp³-hybridized carbons (Fsp3) is 0.625. The van der Waals surface area contributed by atoms with E-state index in [0.717, 1.165) is 6.42 Å². The molecule has 0 aromatic heterocycles. The maximum atomic E-state index is 3.64. The second kappa shape index (κ2) is 8.58. The molecule has 0 amide bonds. The van der Waals surface area contributed by atoms with Gasteiger partial charge in [-0.1, -0.05) is 55.5 Å². The number of nitrogens with one attached hydrogen (secondary N) is 1.